The molecule has 29 heavy (non-hydrogen) atoms. The van der Waals surface area contributed by atoms with E-state index in [4.69, 9.17) is 10.5 Å². The SMILES string of the molecule is CC(C)CCCCCCCOc1ccc(CC[C@@](N)(CO)CC2CCC2)cc1O. The molecule has 0 unspecified atom stereocenters. The number of aliphatic hydroxyl groups excluding tert-OH is 1. The zero-order valence-electron chi connectivity index (χ0n) is 18.7. The second kappa shape index (κ2) is 12.4. The van der Waals surface area contributed by atoms with Crippen molar-refractivity contribution in [2.75, 3.05) is 13.2 Å². The molecule has 0 radical (unpaired) electrons. The first-order valence-electron chi connectivity index (χ1n) is 11.8. The third kappa shape index (κ3) is 8.96. The molecule has 2 rings (SSSR count). The van der Waals surface area contributed by atoms with E-state index in [2.05, 4.69) is 13.8 Å². The summed E-state index contributed by atoms with van der Waals surface area (Å²) in [6, 6.07) is 5.64. The molecule has 4 heteroatoms. The molecule has 166 valence electrons. The van der Waals surface area contributed by atoms with Gasteiger partial charge in [-0.25, -0.2) is 0 Å². The van der Waals surface area contributed by atoms with Gasteiger partial charge < -0.3 is 20.7 Å². The van der Waals surface area contributed by atoms with Gasteiger partial charge >= 0.3 is 0 Å². The van der Waals surface area contributed by atoms with Crippen LogP contribution >= 0.6 is 0 Å². The van der Waals surface area contributed by atoms with Crippen molar-refractivity contribution < 1.29 is 14.9 Å². The first kappa shape index (κ1) is 24.0. The Hall–Kier alpha value is -1.26. The van der Waals surface area contributed by atoms with E-state index in [1.165, 1.54) is 51.4 Å². The summed E-state index contributed by atoms with van der Waals surface area (Å²) in [6.07, 6.45) is 13.6. The minimum atomic E-state index is -0.509. The molecule has 1 aromatic rings. The number of aliphatic hydroxyl groups is 1. The average molecular weight is 406 g/mol. The normalized spacial score (nSPS) is 16.6. The molecule has 0 saturated heterocycles. The Balaban J connectivity index is 1.67. The van der Waals surface area contributed by atoms with Crippen LogP contribution < -0.4 is 10.5 Å². The molecular weight excluding hydrogens is 362 g/mol. The summed E-state index contributed by atoms with van der Waals surface area (Å²) in [7, 11) is 0. The fourth-order valence-corrected chi connectivity index (χ4v) is 4.12. The lowest BCUT2D eigenvalue weighted by molar-refractivity contribution is 0.135. The van der Waals surface area contributed by atoms with E-state index in [0.717, 1.165) is 37.2 Å². The highest BCUT2D eigenvalue weighted by molar-refractivity contribution is 5.41. The lowest BCUT2D eigenvalue weighted by atomic mass is 9.75. The molecule has 0 heterocycles. The quantitative estimate of drug-likeness (QED) is 0.333. The van der Waals surface area contributed by atoms with Gasteiger partial charge in [0.05, 0.1) is 13.2 Å². The maximum atomic E-state index is 10.3. The fraction of sp³-hybridized carbons (Fsp3) is 0.760. The van der Waals surface area contributed by atoms with Gasteiger partial charge in [0.25, 0.3) is 0 Å². The van der Waals surface area contributed by atoms with Crippen molar-refractivity contribution in [1.29, 1.82) is 0 Å². The molecule has 0 spiro atoms. The molecule has 0 aliphatic heterocycles. The zero-order chi connectivity index (χ0) is 21.1. The molecule has 4 nitrogen and oxygen atoms in total. The minimum absolute atomic E-state index is 0.0220. The predicted octanol–water partition coefficient (Wildman–Crippen LogP) is 5.58. The summed E-state index contributed by atoms with van der Waals surface area (Å²) in [4.78, 5) is 0. The number of hydrogen-bond acceptors (Lipinski definition) is 4. The molecule has 1 aliphatic carbocycles. The van der Waals surface area contributed by atoms with Crippen molar-refractivity contribution >= 4 is 0 Å². The third-order valence-corrected chi connectivity index (χ3v) is 6.35. The Morgan fingerprint density at radius 2 is 1.86 bits per heavy atom. The Morgan fingerprint density at radius 3 is 2.48 bits per heavy atom. The molecule has 1 aromatic carbocycles. The lowest BCUT2D eigenvalue weighted by Gasteiger charge is -2.35. The number of rotatable bonds is 15. The van der Waals surface area contributed by atoms with Crippen molar-refractivity contribution in [1.82, 2.24) is 0 Å². The highest BCUT2D eigenvalue weighted by Crippen LogP contribution is 2.35. The van der Waals surface area contributed by atoms with E-state index < -0.39 is 5.54 Å². The summed E-state index contributed by atoms with van der Waals surface area (Å²) in [5.74, 6) is 2.23. The van der Waals surface area contributed by atoms with E-state index in [-0.39, 0.29) is 12.4 Å². The van der Waals surface area contributed by atoms with Gasteiger partial charge in [0.15, 0.2) is 11.5 Å². The smallest absolute Gasteiger partial charge is 0.160 e. The number of phenolic OH excluding ortho intramolecular Hbond substituents is 1. The van der Waals surface area contributed by atoms with E-state index in [1.807, 2.05) is 12.1 Å². The zero-order valence-corrected chi connectivity index (χ0v) is 18.7. The van der Waals surface area contributed by atoms with Gasteiger partial charge in [-0.2, -0.15) is 0 Å². The number of aryl methyl sites for hydroxylation is 1. The molecule has 4 N–H and O–H groups in total. The molecular formula is C25H43NO3. The largest absolute Gasteiger partial charge is 0.504 e. The van der Waals surface area contributed by atoms with Gasteiger partial charge in [-0.3, -0.25) is 0 Å². The second-order valence-corrected chi connectivity index (χ2v) is 9.62. The maximum Gasteiger partial charge on any atom is 0.160 e. The van der Waals surface area contributed by atoms with Gasteiger partial charge in [0, 0.05) is 5.54 Å². The summed E-state index contributed by atoms with van der Waals surface area (Å²) in [5, 5.41) is 20.0. The van der Waals surface area contributed by atoms with Crippen LogP contribution in [0, 0.1) is 11.8 Å². The van der Waals surface area contributed by atoms with Crippen LogP contribution in [0.25, 0.3) is 0 Å². The summed E-state index contributed by atoms with van der Waals surface area (Å²) < 4.78 is 5.76. The van der Waals surface area contributed by atoms with Gasteiger partial charge in [-0.15, -0.1) is 0 Å². The number of nitrogens with two attached hydrogens (primary N) is 1. The maximum absolute atomic E-state index is 10.3. The summed E-state index contributed by atoms with van der Waals surface area (Å²) in [6.45, 7) is 5.23. The van der Waals surface area contributed by atoms with Gasteiger partial charge in [-0.05, 0) is 55.2 Å². The van der Waals surface area contributed by atoms with Crippen molar-refractivity contribution in [3.05, 3.63) is 23.8 Å². The van der Waals surface area contributed by atoms with Crippen molar-refractivity contribution in [3.63, 3.8) is 0 Å². The van der Waals surface area contributed by atoms with Gasteiger partial charge in [0.2, 0.25) is 0 Å². The highest BCUT2D eigenvalue weighted by atomic mass is 16.5. The number of benzene rings is 1. The Morgan fingerprint density at radius 1 is 1.14 bits per heavy atom. The monoisotopic (exact) mass is 405 g/mol. The van der Waals surface area contributed by atoms with E-state index >= 15 is 0 Å². The summed E-state index contributed by atoms with van der Waals surface area (Å²) >= 11 is 0. The van der Waals surface area contributed by atoms with Crippen LogP contribution in [-0.4, -0.2) is 29.0 Å². The first-order valence-corrected chi connectivity index (χ1v) is 11.8. The van der Waals surface area contributed by atoms with Crippen LogP contribution in [0.5, 0.6) is 11.5 Å². The number of unbranched alkanes of at least 4 members (excludes halogenated alkanes) is 4. The first-order chi connectivity index (χ1) is 13.9. The van der Waals surface area contributed by atoms with Crippen LogP contribution in [0.4, 0.5) is 0 Å². The Bertz CT molecular complexity index is 585. The molecule has 0 aromatic heterocycles. The predicted molar refractivity (Wildman–Crippen MR) is 120 cm³/mol. The van der Waals surface area contributed by atoms with E-state index in [1.54, 1.807) is 6.07 Å². The Kier molecular flexibility index (Phi) is 10.3. The van der Waals surface area contributed by atoms with Gasteiger partial charge in [0.1, 0.15) is 0 Å². The number of hydrogen-bond donors (Lipinski definition) is 3. The second-order valence-electron chi connectivity index (χ2n) is 9.62. The highest BCUT2D eigenvalue weighted by Gasteiger charge is 2.30. The summed E-state index contributed by atoms with van der Waals surface area (Å²) in [5.41, 5.74) is 6.96. The Labute approximate surface area is 177 Å². The molecule has 1 atom stereocenters. The standard InChI is InChI=1S/C25H43NO3/c1-20(2)9-6-4-3-5-7-16-29-24-13-12-21(17-23(24)28)14-15-25(26,19-27)18-22-10-8-11-22/h12-13,17,20,22,27-28H,3-11,14-16,18-19,26H2,1-2H3/t25-/m0/s1. The van der Waals surface area contributed by atoms with Gasteiger partial charge in [-0.1, -0.05) is 71.3 Å². The third-order valence-electron chi connectivity index (χ3n) is 6.35. The number of ether oxygens (including phenoxy) is 1. The number of aromatic hydroxyl groups is 1. The molecule has 1 fully saturated rings. The van der Waals surface area contributed by atoms with Crippen LogP contribution in [0.15, 0.2) is 18.2 Å². The van der Waals surface area contributed by atoms with Crippen molar-refractivity contribution in [2.24, 2.45) is 17.6 Å². The molecule has 1 saturated carbocycles. The molecule has 0 bridgehead atoms. The van der Waals surface area contributed by atoms with Crippen LogP contribution in [-0.2, 0) is 6.42 Å². The van der Waals surface area contributed by atoms with Crippen LogP contribution in [0.1, 0.15) is 90.0 Å². The van der Waals surface area contributed by atoms with Crippen LogP contribution in [0.2, 0.25) is 0 Å². The van der Waals surface area contributed by atoms with Crippen molar-refractivity contribution in [2.45, 2.75) is 96.4 Å². The van der Waals surface area contributed by atoms with Crippen molar-refractivity contribution in [3.8, 4) is 11.5 Å². The van der Waals surface area contributed by atoms with Crippen LogP contribution in [0.3, 0.4) is 0 Å². The van der Waals surface area contributed by atoms with E-state index in [0.29, 0.717) is 18.3 Å². The average Bonchev–Trinajstić information content (AvgIpc) is 2.66. The van der Waals surface area contributed by atoms with E-state index in [9.17, 15) is 10.2 Å². The molecule has 1 aliphatic rings. The molecule has 0 amide bonds. The minimum Gasteiger partial charge on any atom is -0.504 e. The topological polar surface area (TPSA) is 75.7 Å². The lowest BCUT2D eigenvalue weighted by Crippen LogP contribution is -2.46. The number of phenols is 1. The fourth-order valence-electron chi connectivity index (χ4n) is 4.12.